The minimum atomic E-state index is -1.73. The standard InChI is InChI=1S/C11H11NO6/c13-8(11(17)18)5-12-9(14)6-3-1-2-4-7(6)10(15)16/h1-4,8,13H,5H2,(H,12,14)(H,15,16)(H,17,18). The molecule has 0 aliphatic rings. The van der Waals surface area contributed by atoms with Gasteiger partial charge in [-0.15, -0.1) is 0 Å². The van der Waals surface area contributed by atoms with Crippen LogP contribution in [0, 0.1) is 0 Å². The largest absolute Gasteiger partial charge is 0.479 e. The maximum absolute atomic E-state index is 11.6. The quantitative estimate of drug-likeness (QED) is 0.564. The van der Waals surface area contributed by atoms with Crippen molar-refractivity contribution in [3.05, 3.63) is 35.4 Å². The molecule has 0 spiro atoms. The van der Waals surface area contributed by atoms with E-state index in [1.165, 1.54) is 24.3 Å². The Morgan fingerprint density at radius 1 is 1.11 bits per heavy atom. The number of carbonyl (C=O) groups is 3. The van der Waals surface area contributed by atoms with Gasteiger partial charge < -0.3 is 20.6 Å². The molecular weight excluding hydrogens is 242 g/mol. The monoisotopic (exact) mass is 253 g/mol. The minimum absolute atomic E-state index is 0.0948. The maximum atomic E-state index is 11.6. The van der Waals surface area contributed by atoms with Gasteiger partial charge in [0, 0.05) is 0 Å². The number of hydrogen-bond donors (Lipinski definition) is 4. The number of hydrogen-bond acceptors (Lipinski definition) is 4. The second-order valence-electron chi connectivity index (χ2n) is 3.41. The Kier molecular flexibility index (Phi) is 4.39. The fraction of sp³-hybridized carbons (Fsp3) is 0.182. The van der Waals surface area contributed by atoms with Crippen molar-refractivity contribution in [2.75, 3.05) is 6.54 Å². The Labute approximate surface area is 102 Å². The number of aliphatic hydroxyl groups excluding tert-OH is 1. The summed E-state index contributed by atoms with van der Waals surface area (Å²) in [7, 11) is 0. The van der Waals surface area contributed by atoms with Crippen molar-refractivity contribution < 1.29 is 29.7 Å². The molecule has 0 aliphatic heterocycles. The molecule has 1 aromatic rings. The molecule has 0 saturated carbocycles. The molecule has 18 heavy (non-hydrogen) atoms. The fourth-order valence-electron chi connectivity index (χ4n) is 1.24. The van der Waals surface area contributed by atoms with Crippen LogP contribution in [0.2, 0.25) is 0 Å². The number of aliphatic carboxylic acids is 1. The fourth-order valence-corrected chi connectivity index (χ4v) is 1.24. The number of carboxylic acid groups (broad SMARTS) is 2. The molecule has 96 valence electrons. The summed E-state index contributed by atoms with van der Waals surface area (Å²) in [6.07, 6.45) is -1.73. The van der Waals surface area contributed by atoms with Crippen molar-refractivity contribution in [2.45, 2.75) is 6.10 Å². The molecule has 0 heterocycles. The number of carbonyl (C=O) groups excluding carboxylic acids is 1. The predicted octanol–water partition coefficient (Wildman–Crippen LogP) is -0.440. The molecule has 0 aliphatic carbocycles. The zero-order valence-corrected chi connectivity index (χ0v) is 9.16. The van der Waals surface area contributed by atoms with Crippen LogP contribution in [0.5, 0.6) is 0 Å². The average Bonchev–Trinajstić information content (AvgIpc) is 2.35. The van der Waals surface area contributed by atoms with E-state index in [0.717, 1.165) is 0 Å². The van der Waals surface area contributed by atoms with Crippen LogP contribution < -0.4 is 5.32 Å². The topological polar surface area (TPSA) is 124 Å². The molecule has 1 aromatic carbocycles. The molecule has 7 nitrogen and oxygen atoms in total. The van der Waals surface area contributed by atoms with E-state index in [1.54, 1.807) is 0 Å². The van der Waals surface area contributed by atoms with E-state index in [4.69, 9.17) is 15.3 Å². The first kappa shape index (κ1) is 13.7. The van der Waals surface area contributed by atoms with Gasteiger partial charge in [0.15, 0.2) is 6.10 Å². The van der Waals surface area contributed by atoms with Crippen LogP contribution >= 0.6 is 0 Å². The van der Waals surface area contributed by atoms with E-state index >= 15 is 0 Å². The summed E-state index contributed by atoms with van der Waals surface area (Å²) in [6.45, 7) is -0.498. The molecule has 1 atom stereocenters. The molecule has 1 unspecified atom stereocenters. The second kappa shape index (κ2) is 5.78. The van der Waals surface area contributed by atoms with E-state index in [2.05, 4.69) is 5.32 Å². The Morgan fingerprint density at radius 2 is 1.67 bits per heavy atom. The summed E-state index contributed by atoms with van der Waals surface area (Å²) in [5, 5.41) is 28.4. The van der Waals surface area contributed by atoms with Gasteiger partial charge in [0.1, 0.15) is 0 Å². The van der Waals surface area contributed by atoms with Gasteiger partial charge in [0.2, 0.25) is 0 Å². The molecule has 4 N–H and O–H groups in total. The zero-order chi connectivity index (χ0) is 13.7. The number of carboxylic acids is 2. The van der Waals surface area contributed by atoms with Crippen LogP contribution in [0.1, 0.15) is 20.7 Å². The normalized spacial score (nSPS) is 11.6. The van der Waals surface area contributed by atoms with Gasteiger partial charge in [-0.3, -0.25) is 4.79 Å². The van der Waals surface area contributed by atoms with Crippen LogP contribution in [-0.2, 0) is 4.79 Å². The summed E-state index contributed by atoms with van der Waals surface area (Å²) in [6, 6.07) is 5.50. The lowest BCUT2D eigenvalue weighted by Crippen LogP contribution is -2.37. The van der Waals surface area contributed by atoms with Crippen molar-refractivity contribution >= 4 is 17.8 Å². The lowest BCUT2D eigenvalue weighted by atomic mass is 10.1. The Balaban J connectivity index is 2.79. The first-order chi connectivity index (χ1) is 8.43. The lowest BCUT2D eigenvalue weighted by Gasteiger charge is -2.09. The van der Waals surface area contributed by atoms with Crippen molar-refractivity contribution in [3.8, 4) is 0 Å². The highest BCUT2D eigenvalue weighted by Gasteiger charge is 2.18. The predicted molar refractivity (Wildman–Crippen MR) is 59.4 cm³/mol. The number of amides is 1. The first-order valence-electron chi connectivity index (χ1n) is 4.95. The number of aromatic carboxylic acids is 1. The van der Waals surface area contributed by atoms with Crippen molar-refractivity contribution in [1.82, 2.24) is 5.32 Å². The molecule has 7 heteroatoms. The Morgan fingerprint density at radius 3 is 2.17 bits per heavy atom. The van der Waals surface area contributed by atoms with Crippen molar-refractivity contribution in [1.29, 1.82) is 0 Å². The first-order valence-corrected chi connectivity index (χ1v) is 4.95. The average molecular weight is 253 g/mol. The molecule has 0 radical (unpaired) electrons. The maximum Gasteiger partial charge on any atom is 0.336 e. The van der Waals surface area contributed by atoms with E-state index in [1.807, 2.05) is 0 Å². The van der Waals surface area contributed by atoms with Crippen LogP contribution in [0.3, 0.4) is 0 Å². The van der Waals surface area contributed by atoms with Gasteiger partial charge in [-0.1, -0.05) is 12.1 Å². The second-order valence-corrected chi connectivity index (χ2v) is 3.41. The summed E-state index contributed by atoms with van der Waals surface area (Å²) in [5.41, 5.74) is -0.289. The van der Waals surface area contributed by atoms with Crippen molar-refractivity contribution in [3.63, 3.8) is 0 Å². The number of aliphatic hydroxyl groups is 1. The number of rotatable bonds is 5. The summed E-state index contributed by atoms with van der Waals surface area (Å²) in [5.74, 6) is -3.49. The van der Waals surface area contributed by atoms with Crippen molar-refractivity contribution in [2.24, 2.45) is 0 Å². The molecule has 1 amide bonds. The molecular formula is C11H11NO6. The van der Waals surface area contributed by atoms with E-state index in [9.17, 15) is 14.4 Å². The molecule has 1 rings (SSSR count). The van der Waals surface area contributed by atoms with Gasteiger partial charge in [0.25, 0.3) is 5.91 Å². The highest BCUT2D eigenvalue weighted by atomic mass is 16.4. The smallest absolute Gasteiger partial charge is 0.336 e. The van der Waals surface area contributed by atoms with Crippen LogP contribution in [0.25, 0.3) is 0 Å². The molecule has 0 aromatic heterocycles. The number of nitrogens with one attached hydrogen (secondary N) is 1. The third kappa shape index (κ3) is 3.29. The van der Waals surface area contributed by atoms with E-state index in [-0.39, 0.29) is 11.1 Å². The minimum Gasteiger partial charge on any atom is -0.479 e. The molecule has 0 fully saturated rings. The Hall–Kier alpha value is -2.41. The molecule has 0 bridgehead atoms. The Bertz CT molecular complexity index is 484. The van der Waals surface area contributed by atoms with Crippen LogP contribution in [0.4, 0.5) is 0 Å². The summed E-state index contributed by atoms with van der Waals surface area (Å²) < 4.78 is 0. The highest BCUT2D eigenvalue weighted by Crippen LogP contribution is 2.08. The highest BCUT2D eigenvalue weighted by molar-refractivity contribution is 6.04. The third-order valence-corrected chi connectivity index (χ3v) is 2.14. The van der Waals surface area contributed by atoms with Gasteiger partial charge in [-0.25, -0.2) is 9.59 Å². The number of benzene rings is 1. The van der Waals surface area contributed by atoms with Gasteiger partial charge >= 0.3 is 11.9 Å². The lowest BCUT2D eigenvalue weighted by molar-refractivity contribution is -0.146. The zero-order valence-electron chi connectivity index (χ0n) is 9.16. The van der Waals surface area contributed by atoms with Gasteiger partial charge in [0.05, 0.1) is 17.7 Å². The van der Waals surface area contributed by atoms with E-state index < -0.39 is 30.5 Å². The molecule has 0 saturated heterocycles. The third-order valence-electron chi connectivity index (χ3n) is 2.14. The van der Waals surface area contributed by atoms with Crippen LogP contribution in [-0.4, -0.2) is 45.8 Å². The van der Waals surface area contributed by atoms with Gasteiger partial charge in [-0.2, -0.15) is 0 Å². The summed E-state index contributed by atoms with van der Waals surface area (Å²) in [4.78, 5) is 32.8. The van der Waals surface area contributed by atoms with E-state index in [0.29, 0.717) is 0 Å². The van der Waals surface area contributed by atoms with Crippen LogP contribution in [0.15, 0.2) is 24.3 Å². The SMILES string of the molecule is O=C(O)c1ccccc1C(=O)NCC(O)C(=O)O. The summed E-state index contributed by atoms with van der Waals surface area (Å²) >= 11 is 0. The van der Waals surface area contributed by atoms with Gasteiger partial charge in [-0.05, 0) is 12.1 Å².